The monoisotopic (exact) mass is 257 g/mol. The van der Waals surface area contributed by atoms with Crippen LogP contribution >= 0.6 is 0 Å². The first-order chi connectivity index (χ1) is 8.58. The van der Waals surface area contributed by atoms with Crippen LogP contribution in [0.4, 0.5) is 4.79 Å². The lowest BCUT2D eigenvalue weighted by atomic mass is 9.94. The molecule has 2 amide bonds. The molecular formula is C13H27N3O2. The molecule has 1 aliphatic rings. The summed E-state index contributed by atoms with van der Waals surface area (Å²) in [4.78, 5) is 11.3. The van der Waals surface area contributed by atoms with E-state index in [-0.39, 0.29) is 12.1 Å². The van der Waals surface area contributed by atoms with Gasteiger partial charge in [-0.2, -0.15) is 0 Å². The fraction of sp³-hybridized carbons (Fsp3) is 0.923. The van der Waals surface area contributed by atoms with Crippen molar-refractivity contribution >= 4 is 6.03 Å². The molecule has 1 fully saturated rings. The molecule has 5 nitrogen and oxygen atoms in total. The summed E-state index contributed by atoms with van der Waals surface area (Å²) >= 11 is 0. The fourth-order valence-corrected chi connectivity index (χ4v) is 2.09. The molecule has 0 aliphatic heterocycles. The number of nitrogens with one attached hydrogen (secondary N) is 2. The van der Waals surface area contributed by atoms with Crippen molar-refractivity contribution in [2.45, 2.75) is 64.1 Å². The van der Waals surface area contributed by atoms with Crippen LogP contribution in [-0.2, 0) is 4.74 Å². The van der Waals surface area contributed by atoms with E-state index >= 15 is 0 Å². The maximum atomic E-state index is 11.3. The number of urea groups is 1. The Morgan fingerprint density at radius 2 is 2.00 bits per heavy atom. The number of carbonyl (C=O) groups is 1. The molecule has 0 atom stereocenters. The molecule has 18 heavy (non-hydrogen) atoms. The van der Waals surface area contributed by atoms with Crippen LogP contribution in [-0.4, -0.2) is 37.4 Å². The Kier molecular flexibility index (Phi) is 7.05. The van der Waals surface area contributed by atoms with Gasteiger partial charge in [-0.25, -0.2) is 4.79 Å². The van der Waals surface area contributed by atoms with Crippen molar-refractivity contribution in [3.05, 3.63) is 0 Å². The van der Waals surface area contributed by atoms with Gasteiger partial charge in [0.2, 0.25) is 0 Å². The lowest BCUT2D eigenvalue weighted by Gasteiger charge is -2.26. The Labute approximate surface area is 110 Å². The quantitative estimate of drug-likeness (QED) is 0.629. The van der Waals surface area contributed by atoms with E-state index in [1.807, 2.05) is 13.8 Å². The van der Waals surface area contributed by atoms with E-state index in [4.69, 9.17) is 10.5 Å². The van der Waals surface area contributed by atoms with Crippen molar-refractivity contribution in [1.82, 2.24) is 10.6 Å². The molecule has 1 aliphatic carbocycles. The molecular weight excluding hydrogens is 230 g/mol. The van der Waals surface area contributed by atoms with Crippen LogP contribution < -0.4 is 16.4 Å². The number of carbonyl (C=O) groups excluding carboxylic acids is 1. The highest BCUT2D eigenvalue weighted by Crippen LogP contribution is 2.19. The summed E-state index contributed by atoms with van der Waals surface area (Å²) < 4.78 is 5.77. The minimum atomic E-state index is -0.103. The van der Waals surface area contributed by atoms with Crippen molar-refractivity contribution < 1.29 is 9.53 Å². The maximum Gasteiger partial charge on any atom is 0.314 e. The van der Waals surface area contributed by atoms with E-state index in [1.54, 1.807) is 0 Å². The molecule has 0 aromatic heterocycles. The SMILES string of the molecule is CC(C)NC(=O)NCCCOC1CCC(N)CC1. The molecule has 0 aromatic rings. The third kappa shape index (κ3) is 6.81. The minimum absolute atomic E-state index is 0.103. The first kappa shape index (κ1) is 15.2. The smallest absolute Gasteiger partial charge is 0.314 e. The van der Waals surface area contributed by atoms with Crippen molar-refractivity contribution in [2.24, 2.45) is 5.73 Å². The van der Waals surface area contributed by atoms with Gasteiger partial charge in [-0.1, -0.05) is 0 Å². The number of rotatable bonds is 6. The van der Waals surface area contributed by atoms with Gasteiger partial charge in [0.25, 0.3) is 0 Å². The maximum absolute atomic E-state index is 11.3. The van der Waals surface area contributed by atoms with E-state index in [0.717, 1.165) is 32.1 Å². The first-order valence-electron chi connectivity index (χ1n) is 6.99. The van der Waals surface area contributed by atoms with Gasteiger partial charge < -0.3 is 21.1 Å². The highest BCUT2D eigenvalue weighted by Gasteiger charge is 2.18. The summed E-state index contributed by atoms with van der Waals surface area (Å²) in [7, 11) is 0. The summed E-state index contributed by atoms with van der Waals surface area (Å²) in [5.41, 5.74) is 5.84. The van der Waals surface area contributed by atoms with Crippen LogP contribution in [0, 0.1) is 0 Å². The molecule has 5 heteroatoms. The summed E-state index contributed by atoms with van der Waals surface area (Å²) in [6.07, 6.45) is 5.51. The van der Waals surface area contributed by atoms with Gasteiger partial charge in [-0.15, -0.1) is 0 Å². The topological polar surface area (TPSA) is 76.4 Å². The van der Waals surface area contributed by atoms with Crippen molar-refractivity contribution in [3.63, 3.8) is 0 Å². The Morgan fingerprint density at radius 1 is 1.33 bits per heavy atom. The van der Waals surface area contributed by atoms with Gasteiger partial charge in [0, 0.05) is 25.2 Å². The van der Waals surface area contributed by atoms with Crippen LogP contribution in [0.3, 0.4) is 0 Å². The largest absolute Gasteiger partial charge is 0.378 e. The summed E-state index contributed by atoms with van der Waals surface area (Å²) in [6.45, 7) is 5.25. The predicted molar refractivity (Wildman–Crippen MR) is 72.5 cm³/mol. The van der Waals surface area contributed by atoms with E-state index in [0.29, 0.717) is 25.3 Å². The molecule has 0 heterocycles. The van der Waals surface area contributed by atoms with Gasteiger partial charge in [-0.3, -0.25) is 0 Å². The Balaban J connectivity index is 1.94. The zero-order valence-electron chi connectivity index (χ0n) is 11.6. The van der Waals surface area contributed by atoms with Gasteiger partial charge >= 0.3 is 6.03 Å². The van der Waals surface area contributed by atoms with E-state index in [9.17, 15) is 4.79 Å². The molecule has 0 spiro atoms. The third-order valence-electron chi connectivity index (χ3n) is 3.10. The molecule has 0 aromatic carbocycles. The fourth-order valence-electron chi connectivity index (χ4n) is 2.09. The highest BCUT2D eigenvalue weighted by atomic mass is 16.5. The Bertz CT molecular complexity index is 238. The second-order valence-corrected chi connectivity index (χ2v) is 5.32. The molecule has 0 bridgehead atoms. The summed E-state index contributed by atoms with van der Waals surface area (Å²) in [5, 5.41) is 5.59. The predicted octanol–water partition coefficient (Wildman–Crippen LogP) is 1.37. The van der Waals surface area contributed by atoms with E-state index in [1.165, 1.54) is 0 Å². The van der Waals surface area contributed by atoms with Gasteiger partial charge in [-0.05, 0) is 46.0 Å². The van der Waals surface area contributed by atoms with E-state index < -0.39 is 0 Å². The van der Waals surface area contributed by atoms with Crippen molar-refractivity contribution in [1.29, 1.82) is 0 Å². The first-order valence-corrected chi connectivity index (χ1v) is 6.99. The average molecular weight is 257 g/mol. The normalized spacial score (nSPS) is 24.0. The molecule has 106 valence electrons. The third-order valence-corrected chi connectivity index (χ3v) is 3.10. The Morgan fingerprint density at radius 3 is 2.61 bits per heavy atom. The lowest BCUT2D eigenvalue weighted by Crippen LogP contribution is -2.40. The van der Waals surface area contributed by atoms with Crippen molar-refractivity contribution in [2.75, 3.05) is 13.2 Å². The standard InChI is InChI=1S/C13H27N3O2/c1-10(2)16-13(17)15-8-3-9-18-12-6-4-11(14)5-7-12/h10-12H,3-9,14H2,1-2H3,(H2,15,16,17). The number of hydrogen-bond acceptors (Lipinski definition) is 3. The average Bonchev–Trinajstić information content (AvgIpc) is 2.30. The number of hydrogen-bond donors (Lipinski definition) is 3. The lowest BCUT2D eigenvalue weighted by molar-refractivity contribution is 0.0243. The van der Waals surface area contributed by atoms with Crippen LogP contribution in [0.1, 0.15) is 46.0 Å². The zero-order valence-corrected chi connectivity index (χ0v) is 11.6. The number of ether oxygens (including phenoxy) is 1. The molecule has 0 unspecified atom stereocenters. The highest BCUT2D eigenvalue weighted by molar-refractivity contribution is 5.73. The molecule has 0 radical (unpaired) electrons. The van der Waals surface area contributed by atoms with Gasteiger partial charge in [0.15, 0.2) is 0 Å². The number of amides is 2. The van der Waals surface area contributed by atoms with Crippen LogP contribution in [0.15, 0.2) is 0 Å². The molecule has 1 saturated carbocycles. The second kappa shape index (κ2) is 8.32. The Hall–Kier alpha value is -0.810. The van der Waals surface area contributed by atoms with Crippen LogP contribution in [0.25, 0.3) is 0 Å². The van der Waals surface area contributed by atoms with E-state index in [2.05, 4.69) is 10.6 Å². The number of nitrogens with two attached hydrogens (primary N) is 1. The van der Waals surface area contributed by atoms with Gasteiger partial charge in [0.1, 0.15) is 0 Å². The molecule has 4 N–H and O–H groups in total. The van der Waals surface area contributed by atoms with Crippen LogP contribution in [0.2, 0.25) is 0 Å². The minimum Gasteiger partial charge on any atom is -0.378 e. The molecule has 0 saturated heterocycles. The van der Waals surface area contributed by atoms with Crippen LogP contribution in [0.5, 0.6) is 0 Å². The van der Waals surface area contributed by atoms with Crippen molar-refractivity contribution in [3.8, 4) is 0 Å². The summed E-state index contributed by atoms with van der Waals surface area (Å²) in [6, 6.07) is 0.438. The zero-order chi connectivity index (χ0) is 13.4. The second-order valence-electron chi connectivity index (χ2n) is 5.32. The summed E-state index contributed by atoms with van der Waals surface area (Å²) in [5.74, 6) is 0. The molecule has 1 rings (SSSR count). The van der Waals surface area contributed by atoms with Gasteiger partial charge in [0.05, 0.1) is 6.10 Å².